The number of nitrogens with one attached hydrogen (secondary N) is 1. The van der Waals surface area contributed by atoms with Crippen molar-refractivity contribution in [3.63, 3.8) is 0 Å². The first-order valence-electron chi connectivity index (χ1n) is 9.34. The fourth-order valence-corrected chi connectivity index (χ4v) is 4.04. The summed E-state index contributed by atoms with van der Waals surface area (Å²) in [5.74, 6) is 2.35. The monoisotopic (exact) mass is 381 g/mol. The van der Waals surface area contributed by atoms with E-state index < -0.39 is 0 Å². The molecule has 2 saturated heterocycles. The Hall–Kier alpha value is -0.0300. The lowest BCUT2D eigenvalue weighted by molar-refractivity contribution is -0.131. The van der Waals surface area contributed by atoms with Gasteiger partial charge in [-0.2, -0.15) is 0 Å². The Morgan fingerprint density at radius 2 is 1.79 bits per heavy atom. The van der Waals surface area contributed by atoms with E-state index in [1.165, 1.54) is 19.3 Å². The topological polar surface area (TPSA) is 35.6 Å². The summed E-state index contributed by atoms with van der Waals surface area (Å²) in [4.78, 5) is 17.2. The van der Waals surface area contributed by atoms with Gasteiger partial charge in [0.2, 0.25) is 5.91 Å². The molecular weight excluding hydrogens is 345 g/mol. The smallest absolute Gasteiger partial charge is 0.222 e. The molecule has 24 heavy (non-hydrogen) atoms. The number of carbonyl (C=O) groups excluding carboxylic acids is 1. The molecule has 144 valence electrons. The average molecular weight is 382 g/mol. The zero-order valence-electron chi connectivity index (χ0n) is 15.6. The van der Waals surface area contributed by atoms with Gasteiger partial charge in [0.25, 0.3) is 0 Å². The van der Waals surface area contributed by atoms with E-state index in [0.29, 0.717) is 17.7 Å². The minimum absolute atomic E-state index is 0. The lowest BCUT2D eigenvalue weighted by Crippen LogP contribution is -2.36. The van der Waals surface area contributed by atoms with Crippen LogP contribution < -0.4 is 5.32 Å². The standard InChI is InChI=1S/C18H35N3O.2ClH/c1-4-20(5-2)13-16-8-11-21(14-16)18(22)12-15(3)17-6-9-19-10-7-17;;/h15-17,19H,4-14H2,1-3H3;2*1H. The van der Waals surface area contributed by atoms with Gasteiger partial charge in [-0.3, -0.25) is 4.79 Å². The molecule has 0 aliphatic carbocycles. The van der Waals surface area contributed by atoms with Gasteiger partial charge in [-0.15, -0.1) is 24.8 Å². The van der Waals surface area contributed by atoms with Crippen LogP contribution in [0.5, 0.6) is 0 Å². The van der Waals surface area contributed by atoms with Crippen LogP contribution in [0, 0.1) is 17.8 Å². The zero-order chi connectivity index (χ0) is 15.9. The predicted molar refractivity (Wildman–Crippen MR) is 106 cm³/mol. The molecule has 2 rings (SSSR count). The summed E-state index contributed by atoms with van der Waals surface area (Å²) < 4.78 is 0. The van der Waals surface area contributed by atoms with Crippen LogP contribution in [0.15, 0.2) is 0 Å². The molecule has 6 heteroatoms. The van der Waals surface area contributed by atoms with Gasteiger partial charge in [0.15, 0.2) is 0 Å². The Morgan fingerprint density at radius 3 is 2.38 bits per heavy atom. The fraction of sp³-hybridized carbons (Fsp3) is 0.944. The molecule has 0 aromatic heterocycles. The summed E-state index contributed by atoms with van der Waals surface area (Å²) in [6.07, 6.45) is 4.41. The van der Waals surface area contributed by atoms with Gasteiger partial charge in [0.1, 0.15) is 0 Å². The maximum Gasteiger partial charge on any atom is 0.222 e. The second kappa shape index (κ2) is 12.3. The predicted octanol–water partition coefficient (Wildman–Crippen LogP) is 3.05. The maximum absolute atomic E-state index is 12.6. The lowest BCUT2D eigenvalue weighted by Gasteiger charge is -2.29. The average Bonchev–Trinajstić information content (AvgIpc) is 3.02. The quantitative estimate of drug-likeness (QED) is 0.735. The number of likely N-dealkylation sites (tertiary alicyclic amines) is 1. The van der Waals surface area contributed by atoms with Gasteiger partial charge in [0.05, 0.1) is 0 Å². The van der Waals surface area contributed by atoms with Crippen LogP contribution in [0.3, 0.4) is 0 Å². The highest BCUT2D eigenvalue weighted by atomic mass is 35.5. The van der Waals surface area contributed by atoms with E-state index in [2.05, 4.69) is 35.9 Å². The number of nitrogens with zero attached hydrogens (tertiary/aromatic N) is 2. The molecular formula is C18H37Cl2N3O. The second-order valence-corrected chi connectivity index (χ2v) is 7.25. The molecule has 4 nitrogen and oxygen atoms in total. The van der Waals surface area contributed by atoms with E-state index in [1.54, 1.807) is 0 Å². The van der Waals surface area contributed by atoms with E-state index in [4.69, 9.17) is 0 Å². The number of halogens is 2. The molecule has 1 N–H and O–H groups in total. The van der Waals surface area contributed by atoms with Crippen LogP contribution in [0.25, 0.3) is 0 Å². The highest BCUT2D eigenvalue weighted by Gasteiger charge is 2.29. The van der Waals surface area contributed by atoms with Gasteiger partial charge in [-0.05, 0) is 63.2 Å². The van der Waals surface area contributed by atoms with Crippen LogP contribution >= 0.6 is 24.8 Å². The van der Waals surface area contributed by atoms with Gasteiger partial charge in [-0.1, -0.05) is 20.8 Å². The summed E-state index contributed by atoms with van der Waals surface area (Å²) in [5, 5.41) is 3.41. The zero-order valence-corrected chi connectivity index (χ0v) is 17.3. The minimum atomic E-state index is 0. The number of hydrogen-bond donors (Lipinski definition) is 1. The molecule has 0 radical (unpaired) electrons. The molecule has 2 aliphatic rings. The first kappa shape index (κ1) is 24.0. The Kier molecular flexibility index (Phi) is 12.3. The summed E-state index contributed by atoms with van der Waals surface area (Å²) in [6.45, 7) is 14.3. The molecule has 2 atom stereocenters. The van der Waals surface area contributed by atoms with Crippen molar-refractivity contribution in [2.24, 2.45) is 17.8 Å². The minimum Gasteiger partial charge on any atom is -0.342 e. The van der Waals surface area contributed by atoms with Gasteiger partial charge in [-0.25, -0.2) is 0 Å². The van der Waals surface area contributed by atoms with Crippen LogP contribution in [0.2, 0.25) is 0 Å². The molecule has 0 saturated carbocycles. The molecule has 0 bridgehead atoms. The van der Waals surface area contributed by atoms with Crippen molar-refractivity contribution in [1.29, 1.82) is 0 Å². The Labute approximate surface area is 160 Å². The number of carbonyl (C=O) groups is 1. The third-order valence-electron chi connectivity index (χ3n) is 5.73. The highest BCUT2D eigenvalue weighted by molar-refractivity contribution is 5.85. The van der Waals surface area contributed by atoms with Crippen molar-refractivity contribution in [3.8, 4) is 0 Å². The first-order valence-corrected chi connectivity index (χ1v) is 9.34. The molecule has 2 heterocycles. The van der Waals surface area contributed by atoms with E-state index in [9.17, 15) is 4.79 Å². The van der Waals surface area contributed by atoms with Crippen molar-refractivity contribution in [2.75, 3.05) is 45.8 Å². The largest absolute Gasteiger partial charge is 0.342 e. The normalized spacial score (nSPS) is 22.8. The summed E-state index contributed by atoms with van der Waals surface area (Å²) in [7, 11) is 0. The third kappa shape index (κ3) is 7.07. The molecule has 2 unspecified atom stereocenters. The van der Waals surface area contributed by atoms with Crippen LogP contribution in [-0.4, -0.2) is 61.5 Å². The number of rotatable bonds is 7. The number of hydrogen-bond acceptors (Lipinski definition) is 3. The molecule has 1 amide bonds. The third-order valence-corrected chi connectivity index (χ3v) is 5.73. The second-order valence-electron chi connectivity index (χ2n) is 7.25. The van der Waals surface area contributed by atoms with E-state index in [0.717, 1.165) is 58.2 Å². The summed E-state index contributed by atoms with van der Waals surface area (Å²) in [5.41, 5.74) is 0. The van der Waals surface area contributed by atoms with Crippen LogP contribution in [-0.2, 0) is 4.79 Å². The SMILES string of the molecule is CCN(CC)CC1CCN(C(=O)CC(C)C2CCNCC2)C1.Cl.Cl. The van der Waals surface area contributed by atoms with Gasteiger partial charge in [0, 0.05) is 26.1 Å². The van der Waals surface area contributed by atoms with Gasteiger partial charge >= 0.3 is 0 Å². The Morgan fingerprint density at radius 1 is 1.17 bits per heavy atom. The van der Waals surface area contributed by atoms with Crippen molar-refractivity contribution in [2.45, 2.75) is 46.5 Å². The molecule has 2 fully saturated rings. The first-order chi connectivity index (χ1) is 10.6. The lowest BCUT2D eigenvalue weighted by atomic mass is 9.84. The van der Waals surface area contributed by atoms with Crippen LogP contribution in [0.1, 0.15) is 46.5 Å². The number of amides is 1. The van der Waals surface area contributed by atoms with E-state index >= 15 is 0 Å². The van der Waals surface area contributed by atoms with Crippen molar-refractivity contribution < 1.29 is 4.79 Å². The van der Waals surface area contributed by atoms with Gasteiger partial charge < -0.3 is 15.1 Å². The Balaban J connectivity index is 0.00000264. The Bertz CT molecular complexity index is 347. The van der Waals surface area contributed by atoms with Crippen molar-refractivity contribution in [3.05, 3.63) is 0 Å². The molecule has 0 spiro atoms. The van der Waals surface area contributed by atoms with Crippen LogP contribution in [0.4, 0.5) is 0 Å². The molecule has 2 aliphatic heterocycles. The number of piperidine rings is 1. The summed E-state index contributed by atoms with van der Waals surface area (Å²) >= 11 is 0. The fourth-order valence-electron chi connectivity index (χ4n) is 4.04. The van der Waals surface area contributed by atoms with Crippen molar-refractivity contribution >= 4 is 30.7 Å². The van der Waals surface area contributed by atoms with E-state index in [-0.39, 0.29) is 24.8 Å². The maximum atomic E-state index is 12.6. The summed E-state index contributed by atoms with van der Waals surface area (Å²) in [6, 6.07) is 0. The highest BCUT2D eigenvalue weighted by Crippen LogP contribution is 2.26. The van der Waals surface area contributed by atoms with E-state index in [1.807, 2.05) is 0 Å². The van der Waals surface area contributed by atoms with Crippen molar-refractivity contribution in [1.82, 2.24) is 15.1 Å². The molecule has 0 aromatic rings. The molecule has 0 aromatic carbocycles.